The number of anilines is 2. The summed E-state index contributed by atoms with van der Waals surface area (Å²) in [6.07, 6.45) is 2.15. The molecule has 1 fully saturated rings. The van der Waals surface area contributed by atoms with E-state index >= 15 is 0 Å². The van der Waals surface area contributed by atoms with Crippen molar-refractivity contribution in [2.75, 3.05) is 25.5 Å². The molecular weight excluding hydrogens is 494 g/mol. The van der Waals surface area contributed by atoms with Crippen LogP contribution < -0.4 is 14.8 Å². The second kappa shape index (κ2) is 10.4. The standard InChI is InChI=1S/C25H21Cl2FN4O3/c1-3-21(33)32-10-8-14(9-11-32)35-25-17(13-29)24(16-5-4-15(34-2)12-20(16)31-25)30-19-7-6-18(26)22(27)23(19)28/h3-7,12,14H,1,8-11H2,2H3,(H,30,31). The number of rotatable bonds is 6. The van der Waals surface area contributed by atoms with E-state index in [1.54, 1.807) is 23.1 Å². The summed E-state index contributed by atoms with van der Waals surface area (Å²) in [5, 5.41) is 13.4. The quantitative estimate of drug-likeness (QED) is 0.327. The summed E-state index contributed by atoms with van der Waals surface area (Å²) in [4.78, 5) is 18.1. The van der Waals surface area contributed by atoms with Gasteiger partial charge in [0.15, 0.2) is 5.82 Å². The minimum atomic E-state index is -0.747. The molecule has 0 saturated carbocycles. The molecule has 1 aromatic heterocycles. The minimum absolute atomic E-state index is 0.0430. The van der Waals surface area contributed by atoms with Gasteiger partial charge in [-0.15, -0.1) is 0 Å². The molecule has 0 unspecified atom stereocenters. The summed E-state index contributed by atoms with van der Waals surface area (Å²) in [7, 11) is 1.53. The van der Waals surface area contributed by atoms with Gasteiger partial charge in [0.1, 0.15) is 23.5 Å². The molecule has 2 aromatic carbocycles. The molecule has 1 aliphatic heterocycles. The Hall–Kier alpha value is -3.54. The Morgan fingerprint density at radius 1 is 1.31 bits per heavy atom. The lowest BCUT2D eigenvalue weighted by Gasteiger charge is -2.31. The largest absolute Gasteiger partial charge is 0.497 e. The van der Waals surface area contributed by atoms with E-state index < -0.39 is 5.82 Å². The first-order valence-corrected chi connectivity index (χ1v) is 11.5. The summed E-state index contributed by atoms with van der Waals surface area (Å²) in [6, 6.07) is 10.2. The summed E-state index contributed by atoms with van der Waals surface area (Å²) in [5.41, 5.74) is 0.950. The first kappa shape index (κ1) is 24.6. The number of carbonyl (C=O) groups is 1. The number of pyridine rings is 1. The predicted octanol–water partition coefficient (Wildman–Crippen LogP) is 5.86. The second-order valence-electron chi connectivity index (χ2n) is 7.86. The number of amides is 1. The molecule has 2 heterocycles. The lowest BCUT2D eigenvalue weighted by Crippen LogP contribution is -2.41. The number of nitriles is 1. The van der Waals surface area contributed by atoms with Crippen LogP contribution in [0.1, 0.15) is 18.4 Å². The SMILES string of the molecule is C=CC(=O)N1CCC(Oc2nc3cc(OC)ccc3c(Nc3ccc(Cl)c(Cl)c3F)c2C#N)CC1. The van der Waals surface area contributed by atoms with E-state index in [9.17, 15) is 14.4 Å². The molecular formula is C25H21Cl2FN4O3. The lowest BCUT2D eigenvalue weighted by atomic mass is 10.1. The fourth-order valence-corrected chi connectivity index (χ4v) is 4.22. The van der Waals surface area contributed by atoms with Crippen molar-refractivity contribution in [2.45, 2.75) is 18.9 Å². The average Bonchev–Trinajstić information content (AvgIpc) is 2.88. The molecule has 0 bridgehead atoms. The maximum Gasteiger partial charge on any atom is 0.245 e. The van der Waals surface area contributed by atoms with Crippen LogP contribution in [-0.2, 0) is 4.79 Å². The van der Waals surface area contributed by atoms with Gasteiger partial charge in [0.25, 0.3) is 0 Å². The number of nitrogens with zero attached hydrogens (tertiary/aromatic N) is 3. The Balaban J connectivity index is 1.75. The van der Waals surface area contributed by atoms with Crippen LogP contribution in [0.15, 0.2) is 43.0 Å². The molecule has 1 aliphatic rings. The molecule has 0 atom stereocenters. The fourth-order valence-electron chi connectivity index (χ4n) is 3.91. The first-order valence-electron chi connectivity index (χ1n) is 10.8. The van der Waals surface area contributed by atoms with Gasteiger partial charge < -0.3 is 19.7 Å². The highest BCUT2D eigenvalue weighted by atomic mass is 35.5. The number of carbonyl (C=O) groups excluding carboxylic acids is 1. The number of likely N-dealkylation sites (tertiary alicyclic amines) is 1. The number of nitrogens with one attached hydrogen (secondary N) is 1. The topological polar surface area (TPSA) is 87.5 Å². The highest BCUT2D eigenvalue weighted by Gasteiger charge is 2.26. The Kier molecular flexibility index (Phi) is 7.29. The van der Waals surface area contributed by atoms with Crippen LogP contribution in [0.5, 0.6) is 11.6 Å². The smallest absolute Gasteiger partial charge is 0.245 e. The van der Waals surface area contributed by atoms with E-state index in [0.717, 1.165) is 0 Å². The fraction of sp³-hybridized carbons (Fsp3) is 0.240. The van der Waals surface area contributed by atoms with Crippen LogP contribution in [0.3, 0.4) is 0 Å². The van der Waals surface area contributed by atoms with Crippen LogP contribution in [-0.4, -0.2) is 42.1 Å². The van der Waals surface area contributed by atoms with Crippen molar-refractivity contribution in [1.82, 2.24) is 9.88 Å². The molecule has 0 radical (unpaired) electrons. The van der Waals surface area contributed by atoms with E-state index in [1.807, 2.05) is 0 Å². The molecule has 1 amide bonds. The molecule has 1 saturated heterocycles. The van der Waals surface area contributed by atoms with Gasteiger partial charge >= 0.3 is 0 Å². The highest BCUT2D eigenvalue weighted by Crippen LogP contribution is 2.39. The average molecular weight is 515 g/mol. The van der Waals surface area contributed by atoms with E-state index in [0.29, 0.717) is 48.3 Å². The number of benzene rings is 2. The number of hydrogen-bond donors (Lipinski definition) is 1. The van der Waals surface area contributed by atoms with Crippen LogP contribution in [0, 0.1) is 17.1 Å². The maximum atomic E-state index is 14.8. The number of piperidine rings is 1. The van der Waals surface area contributed by atoms with Gasteiger partial charge in [0, 0.05) is 37.4 Å². The zero-order valence-corrected chi connectivity index (χ0v) is 20.3. The third-order valence-electron chi connectivity index (χ3n) is 5.77. The van der Waals surface area contributed by atoms with Gasteiger partial charge in [0.05, 0.1) is 34.0 Å². The third-order valence-corrected chi connectivity index (χ3v) is 6.55. The summed E-state index contributed by atoms with van der Waals surface area (Å²) in [6.45, 7) is 4.52. The molecule has 4 rings (SSSR count). The van der Waals surface area contributed by atoms with Crippen molar-refractivity contribution >= 4 is 51.4 Å². The van der Waals surface area contributed by atoms with Gasteiger partial charge in [-0.3, -0.25) is 4.79 Å². The summed E-state index contributed by atoms with van der Waals surface area (Å²) in [5.74, 6) is -0.219. The van der Waals surface area contributed by atoms with Crippen molar-refractivity contribution in [3.8, 4) is 17.7 Å². The highest BCUT2D eigenvalue weighted by molar-refractivity contribution is 6.42. The number of ether oxygens (including phenoxy) is 2. The number of halogens is 3. The first-order chi connectivity index (χ1) is 16.9. The zero-order chi connectivity index (χ0) is 25.1. The molecule has 0 spiro atoms. The zero-order valence-electron chi connectivity index (χ0n) is 18.8. The predicted molar refractivity (Wildman–Crippen MR) is 133 cm³/mol. The van der Waals surface area contributed by atoms with Gasteiger partial charge in [-0.2, -0.15) is 5.26 Å². The summed E-state index contributed by atoms with van der Waals surface area (Å²) < 4.78 is 26.3. The monoisotopic (exact) mass is 514 g/mol. The normalized spacial score (nSPS) is 13.9. The van der Waals surface area contributed by atoms with Gasteiger partial charge in [-0.05, 0) is 30.3 Å². The number of hydrogen-bond acceptors (Lipinski definition) is 6. The lowest BCUT2D eigenvalue weighted by molar-refractivity contribution is -0.127. The van der Waals surface area contributed by atoms with E-state index in [-0.39, 0.29) is 39.2 Å². The van der Waals surface area contributed by atoms with Crippen LogP contribution >= 0.6 is 23.2 Å². The van der Waals surface area contributed by atoms with Gasteiger partial charge in [-0.25, -0.2) is 9.37 Å². The van der Waals surface area contributed by atoms with E-state index in [1.165, 1.54) is 25.3 Å². The van der Waals surface area contributed by atoms with Crippen LogP contribution in [0.2, 0.25) is 10.0 Å². The Labute approximate surface area is 211 Å². The van der Waals surface area contributed by atoms with E-state index in [2.05, 4.69) is 22.9 Å². The van der Waals surface area contributed by atoms with Crippen molar-refractivity contribution in [1.29, 1.82) is 5.26 Å². The molecule has 180 valence electrons. The van der Waals surface area contributed by atoms with Crippen LogP contribution in [0.25, 0.3) is 10.9 Å². The molecule has 0 aliphatic carbocycles. The molecule has 10 heteroatoms. The third kappa shape index (κ3) is 4.97. The summed E-state index contributed by atoms with van der Waals surface area (Å²) >= 11 is 11.9. The second-order valence-corrected chi connectivity index (χ2v) is 8.64. The Bertz CT molecular complexity index is 1350. The number of aromatic nitrogens is 1. The van der Waals surface area contributed by atoms with E-state index in [4.69, 9.17) is 32.7 Å². The number of methoxy groups -OCH3 is 1. The van der Waals surface area contributed by atoms with Crippen molar-refractivity contribution < 1.29 is 18.7 Å². The Morgan fingerprint density at radius 3 is 2.71 bits per heavy atom. The van der Waals surface area contributed by atoms with Crippen LogP contribution in [0.4, 0.5) is 15.8 Å². The van der Waals surface area contributed by atoms with Crippen molar-refractivity contribution in [3.05, 3.63) is 64.4 Å². The van der Waals surface area contributed by atoms with Gasteiger partial charge in [0.2, 0.25) is 11.8 Å². The van der Waals surface area contributed by atoms with Crippen molar-refractivity contribution in [3.63, 3.8) is 0 Å². The molecule has 7 nitrogen and oxygen atoms in total. The minimum Gasteiger partial charge on any atom is -0.497 e. The molecule has 3 aromatic rings. The molecule has 1 N–H and O–H groups in total. The van der Waals surface area contributed by atoms with Gasteiger partial charge in [-0.1, -0.05) is 29.8 Å². The number of fused-ring (bicyclic) bond motifs is 1. The van der Waals surface area contributed by atoms with Crippen molar-refractivity contribution in [2.24, 2.45) is 0 Å². The molecule has 35 heavy (non-hydrogen) atoms. The maximum absolute atomic E-state index is 14.8. The Morgan fingerprint density at radius 2 is 2.06 bits per heavy atom.